The minimum absolute atomic E-state index is 0.129. The summed E-state index contributed by atoms with van der Waals surface area (Å²) in [6, 6.07) is 0.129. The number of carbonyl (C=O) groups excluding carboxylic acids is 1. The number of urea groups is 1. The SMILES string of the molecule is O=C(NCC12CC3CC(CC(C3)C1)C2)N1CCN(CCO)CC1. The van der Waals surface area contributed by atoms with Crippen LogP contribution in [0.4, 0.5) is 4.79 Å². The maximum Gasteiger partial charge on any atom is 0.317 e. The number of rotatable bonds is 4. The molecule has 5 rings (SSSR count). The first-order valence-corrected chi connectivity index (χ1v) is 9.52. The minimum Gasteiger partial charge on any atom is -0.395 e. The molecule has 4 aliphatic carbocycles. The number of amides is 2. The third-order valence-corrected chi connectivity index (χ3v) is 6.86. The molecule has 1 saturated heterocycles. The molecular formula is C18H31N3O2. The largest absolute Gasteiger partial charge is 0.395 e. The molecule has 2 N–H and O–H groups in total. The van der Waals surface area contributed by atoms with Crippen molar-refractivity contribution >= 4 is 6.03 Å². The average Bonchev–Trinajstić information content (AvgIpc) is 2.52. The van der Waals surface area contributed by atoms with E-state index in [1.165, 1.54) is 38.5 Å². The van der Waals surface area contributed by atoms with Crippen LogP contribution in [0, 0.1) is 23.2 Å². The van der Waals surface area contributed by atoms with E-state index in [0.29, 0.717) is 5.41 Å². The molecule has 5 aliphatic rings. The van der Waals surface area contributed by atoms with Crippen molar-refractivity contribution in [3.8, 4) is 0 Å². The second kappa shape index (κ2) is 6.25. The summed E-state index contributed by atoms with van der Waals surface area (Å²) in [6.07, 6.45) is 8.43. The predicted molar refractivity (Wildman–Crippen MR) is 89.1 cm³/mol. The van der Waals surface area contributed by atoms with Gasteiger partial charge in [-0.15, -0.1) is 0 Å². The maximum absolute atomic E-state index is 12.5. The van der Waals surface area contributed by atoms with E-state index in [2.05, 4.69) is 10.2 Å². The van der Waals surface area contributed by atoms with Crippen LogP contribution in [0.3, 0.4) is 0 Å². The molecule has 1 aliphatic heterocycles. The highest BCUT2D eigenvalue weighted by atomic mass is 16.3. The molecule has 0 atom stereocenters. The molecule has 4 bridgehead atoms. The van der Waals surface area contributed by atoms with E-state index in [0.717, 1.165) is 57.0 Å². The molecule has 0 aromatic rings. The molecule has 5 nitrogen and oxygen atoms in total. The highest BCUT2D eigenvalue weighted by Crippen LogP contribution is 2.59. The van der Waals surface area contributed by atoms with Crippen molar-refractivity contribution in [1.29, 1.82) is 0 Å². The second-order valence-corrected chi connectivity index (χ2v) is 8.63. The van der Waals surface area contributed by atoms with Crippen LogP contribution in [0.15, 0.2) is 0 Å². The Bertz CT molecular complexity index is 410. The van der Waals surface area contributed by atoms with Gasteiger partial charge in [-0.25, -0.2) is 4.79 Å². The van der Waals surface area contributed by atoms with Gasteiger partial charge in [-0.2, -0.15) is 0 Å². The molecule has 5 heteroatoms. The maximum atomic E-state index is 12.5. The molecule has 0 aromatic heterocycles. The summed E-state index contributed by atoms with van der Waals surface area (Å²) in [7, 11) is 0. The topological polar surface area (TPSA) is 55.8 Å². The first kappa shape index (κ1) is 15.7. The Kier molecular flexibility index (Phi) is 4.26. The Labute approximate surface area is 139 Å². The number of aliphatic hydroxyl groups is 1. The fourth-order valence-corrected chi connectivity index (χ4v) is 6.20. The first-order chi connectivity index (χ1) is 11.2. The van der Waals surface area contributed by atoms with Gasteiger partial charge in [0.2, 0.25) is 0 Å². The minimum atomic E-state index is 0.129. The monoisotopic (exact) mass is 321 g/mol. The molecule has 0 spiro atoms. The molecule has 2 amide bonds. The summed E-state index contributed by atoms with van der Waals surface area (Å²) in [5, 5.41) is 12.3. The van der Waals surface area contributed by atoms with Crippen molar-refractivity contribution in [3.63, 3.8) is 0 Å². The number of nitrogens with zero attached hydrogens (tertiary/aromatic N) is 2. The molecule has 23 heavy (non-hydrogen) atoms. The third-order valence-electron chi connectivity index (χ3n) is 6.86. The second-order valence-electron chi connectivity index (χ2n) is 8.63. The summed E-state index contributed by atoms with van der Waals surface area (Å²) >= 11 is 0. The van der Waals surface area contributed by atoms with Crippen molar-refractivity contribution < 1.29 is 9.90 Å². The molecule has 130 valence electrons. The van der Waals surface area contributed by atoms with Gasteiger partial charge in [0.25, 0.3) is 0 Å². The van der Waals surface area contributed by atoms with Gasteiger partial charge in [0.1, 0.15) is 0 Å². The van der Waals surface area contributed by atoms with E-state index >= 15 is 0 Å². The lowest BCUT2D eigenvalue weighted by molar-refractivity contribution is -0.0503. The lowest BCUT2D eigenvalue weighted by Gasteiger charge is -2.57. The van der Waals surface area contributed by atoms with E-state index in [-0.39, 0.29) is 12.6 Å². The van der Waals surface area contributed by atoms with Crippen molar-refractivity contribution in [1.82, 2.24) is 15.1 Å². The van der Waals surface area contributed by atoms with Crippen LogP contribution in [0.2, 0.25) is 0 Å². The zero-order valence-corrected chi connectivity index (χ0v) is 14.2. The molecular weight excluding hydrogens is 290 g/mol. The first-order valence-electron chi connectivity index (χ1n) is 9.52. The van der Waals surface area contributed by atoms with Gasteiger partial charge in [0, 0.05) is 39.3 Å². The summed E-state index contributed by atoms with van der Waals surface area (Å²) in [6.45, 7) is 5.16. The van der Waals surface area contributed by atoms with Gasteiger partial charge in [-0.1, -0.05) is 0 Å². The number of hydrogen-bond donors (Lipinski definition) is 2. The van der Waals surface area contributed by atoms with Crippen molar-refractivity contribution in [2.24, 2.45) is 23.2 Å². The highest BCUT2D eigenvalue weighted by Gasteiger charge is 2.50. The Morgan fingerprint density at radius 2 is 1.57 bits per heavy atom. The number of piperazine rings is 1. The fourth-order valence-electron chi connectivity index (χ4n) is 6.20. The van der Waals surface area contributed by atoms with E-state index in [1.54, 1.807) is 0 Å². The van der Waals surface area contributed by atoms with E-state index in [1.807, 2.05) is 4.90 Å². The van der Waals surface area contributed by atoms with Crippen molar-refractivity contribution in [2.45, 2.75) is 38.5 Å². The zero-order chi connectivity index (χ0) is 15.9. The van der Waals surface area contributed by atoms with Crippen LogP contribution in [-0.4, -0.2) is 66.8 Å². The van der Waals surface area contributed by atoms with Crippen LogP contribution in [0.5, 0.6) is 0 Å². The molecule has 5 fully saturated rings. The van der Waals surface area contributed by atoms with Crippen LogP contribution < -0.4 is 5.32 Å². The Morgan fingerprint density at radius 3 is 2.09 bits per heavy atom. The molecule has 4 saturated carbocycles. The summed E-state index contributed by atoms with van der Waals surface area (Å²) < 4.78 is 0. The van der Waals surface area contributed by atoms with Crippen molar-refractivity contribution in [2.75, 3.05) is 45.9 Å². The molecule has 0 aromatic carbocycles. The summed E-state index contributed by atoms with van der Waals surface area (Å²) in [4.78, 5) is 16.7. The van der Waals surface area contributed by atoms with Gasteiger partial charge in [-0.3, -0.25) is 4.90 Å². The molecule has 0 radical (unpaired) electrons. The Balaban J connectivity index is 1.27. The van der Waals surface area contributed by atoms with E-state index in [9.17, 15) is 4.79 Å². The van der Waals surface area contributed by atoms with E-state index < -0.39 is 0 Å². The van der Waals surface area contributed by atoms with Gasteiger partial charge >= 0.3 is 6.03 Å². The summed E-state index contributed by atoms with van der Waals surface area (Å²) in [5.41, 5.74) is 0.420. The van der Waals surface area contributed by atoms with Gasteiger partial charge in [-0.05, 0) is 61.7 Å². The lowest BCUT2D eigenvalue weighted by atomic mass is 9.49. The van der Waals surface area contributed by atoms with Crippen LogP contribution in [0.25, 0.3) is 0 Å². The third kappa shape index (κ3) is 3.22. The molecule has 1 heterocycles. The highest BCUT2D eigenvalue weighted by molar-refractivity contribution is 5.74. The number of nitrogens with one attached hydrogen (secondary N) is 1. The number of carbonyl (C=O) groups is 1. The van der Waals surface area contributed by atoms with Gasteiger partial charge in [0.05, 0.1) is 6.61 Å². The Hall–Kier alpha value is -0.810. The van der Waals surface area contributed by atoms with E-state index in [4.69, 9.17) is 5.11 Å². The van der Waals surface area contributed by atoms with Crippen LogP contribution in [0.1, 0.15) is 38.5 Å². The Morgan fingerprint density at radius 1 is 1.00 bits per heavy atom. The predicted octanol–water partition coefficient (Wildman–Crippen LogP) is 1.52. The average molecular weight is 321 g/mol. The van der Waals surface area contributed by atoms with Crippen molar-refractivity contribution in [3.05, 3.63) is 0 Å². The summed E-state index contributed by atoms with van der Waals surface area (Å²) in [5.74, 6) is 2.83. The number of hydrogen-bond acceptors (Lipinski definition) is 3. The number of β-amino-alcohol motifs (C(OH)–C–C–N with tert-alkyl or cyclic N) is 1. The smallest absolute Gasteiger partial charge is 0.317 e. The van der Waals surface area contributed by atoms with Crippen LogP contribution >= 0.6 is 0 Å². The zero-order valence-electron chi connectivity index (χ0n) is 14.2. The van der Waals surface area contributed by atoms with Crippen LogP contribution in [-0.2, 0) is 0 Å². The normalized spacial score (nSPS) is 39.7. The standard InChI is InChI=1S/C18H31N3O2/c22-6-5-20-1-3-21(4-2-20)17(23)19-13-18-10-14-7-15(11-18)9-16(8-14)12-18/h14-16,22H,1-13H2,(H,19,23). The van der Waals surface area contributed by atoms with Gasteiger partial charge in [0.15, 0.2) is 0 Å². The lowest BCUT2D eigenvalue weighted by Crippen LogP contribution is -2.55. The van der Waals surface area contributed by atoms with Gasteiger partial charge < -0.3 is 15.3 Å². The molecule has 0 unspecified atom stereocenters. The fraction of sp³-hybridized carbons (Fsp3) is 0.944. The number of aliphatic hydroxyl groups excluding tert-OH is 1. The quantitative estimate of drug-likeness (QED) is 0.825.